The van der Waals surface area contributed by atoms with Gasteiger partial charge in [-0.3, -0.25) is 4.98 Å². The van der Waals surface area contributed by atoms with E-state index in [-0.39, 0.29) is 0 Å². The lowest BCUT2D eigenvalue weighted by molar-refractivity contribution is 0.175. The molecule has 4 nitrogen and oxygen atoms in total. The zero-order chi connectivity index (χ0) is 13.0. The molecule has 0 amide bonds. The van der Waals surface area contributed by atoms with Crippen molar-refractivity contribution >= 4 is 22.9 Å². The van der Waals surface area contributed by atoms with Crippen molar-refractivity contribution in [2.45, 2.75) is 19.3 Å². The van der Waals surface area contributed by atoms with Crippen molar-refractivity contribution in [1.82, 2.24) is 4.98 Å². The molecule has 1 saturated carbocycles. The molecule has 1 aliphatic rings. The second-order valence-electron chi connectivity index (χ2n) is 4.86. The van der Waals surface area contributed by atoms with Crippen LogP contribution in [0.1, 0.15) is 25.0 Å². The predicted molar refractivity (Wildman–Crippen MR) is 76.8 cm³/mol. The van der Waals surface area contributed by atoms with Gasteiger partial charge >= 0.3 is 0 Å². The molecule has 1 heterocycles. The first kappa shape index (κ1) is 13.2. The predicted octanol–water partition coefficient (Wildman–Crippen LogP) is 1.94. The van der Waals surface area contributed by atoms with Gasteiger partial charge < -0.3 is 15.8 Å². The fraction of sp³-hybridized carbons (Fsp3) is 0.538. The van der Waals surface area contributed by atoms with Crippen LogP contribution in [0.5, 0.6) is 0 Å². The summed E-state index contributed by atoms with van der Waals surface area (Å²) in [4.78, 5) is 4.54. The quantitative estimate of drug-likeness (QED) is 0.738. The second kappa shape index (κ2) is 5.63. The fourth-order valence-corrected chi connectivity index (χ4v) is 2.20. The highest BCUT2D eigenvalue weighted by molar-refractivity contribution is 7.80. The lowest BCUT2D eigenvalue weighted by Gasteiger charge is -2.17. The first-order valence-corrected chi connectivity index (χ1v) is 6.55. The van der Waals surface area contributed by atoms with Crippen molar-refractivity contribution < 1.29 is 4.74 Å². The van der Waals surface area contributed by atoms with Crippen molar-refractivity contribution in [3.63, 3.8) is 0 Å². The van der Waals surface area contributed by atoms with E-state index in [9.17, 15) is 0 Å². The molecule has 0 aromatic carbocycles. The highest BCUT2D eigenvalue weighted by atomic mass is 32.1. The summed E-state index contributed by atoms with van der Waals surface area (Å²) in [5.41, 5.74) is 7.65. The molecule has 0 aliphatic heterocycles. The van der Waals surface area contributed by atoms with Gasteiger partial charge in [-0.05, 0) is 36.8 Å². The number of pyridine rings is 1. The van der Waals surface area contributed by atoms with Gasteiger partial charge in [0.1, 0.15) is 10.7 Å². The highest BCUT2D eigenvalue weighted by Crippen LogP contribution is 2.48. The third kappa shape index (κ3) is 3.17. The Balaban J connectivity index is 1.96. The van der Waals surface area contributed by atoms with Crippen LogP contribution in [-0.4, -0.2) is 30.2 Å². The van der Waals surface area contributed by atoms with Gasteiger partial charge in [0.05, 0.1) is 5.69 Å². The Hall–Kier alpha value is -1.20. The van der Waals surface area contributed by atoms with Crippen molar-refractivity contribution in [2.24, 2.45) is 11.1 Å². The summed E-state index contributed by atoms with van der Waals surface area (Å²) in [6, 6.07) is 3.85. The number of nitrogens with two attached hydrogens (primary N) is 1. The first-order chi connectivity index (χ1) is 8.67. The number of methoxy groups -OCH3 is 1. The van der Waals surface area contributed by atoms with E-state index in [0.717, 1.165) is 25.3 Å². The molecule has 1 aliphatic carbocycles. The Morgan fingerprint density at radius 2 is 2.39 bits per heavy atom. The van der Waals surface area contributed by atoms with Gasteiger partial charge in [0.15, 0.2) is 0 Å². The smallest absolute Gasteiger partial charge is 0.124 e. The van der Waals surface area contributed by atoms with Gasteiger partial charge in [-0.1, -0.05) is 12.2 Å². The number of anilines is 1. The lowest BCUT2D eigenvalue weighted by atomic mass is 10.0. The van der Waals surface area contributed by atoms with E-state index in [1.54, 1.807) is 13.3 Å². The van der Waals surface area contributed by atoms with E-state index in [1.807, 2.05) is 12.1 Å². The summed E-state index contributed by atoms with van der Waals surface area (Å²) in [6.07, 6.45) is 5.31. The summed E-state index contributed by atoms with van der Waals surface area (Å²) < 4.78 is 5.15. The van der Waals surface area contributed by atoms with Crippen LogP contribution in [0.15, 0.2) is 18.3 Å². The summed E-state index contributed by atoms with van der Waals surface area (Å²) in [6.45, 7) is 1.74. The van der Waals surface area contributed by atoms with E-state index >= 15 is 0 Å². The van der Waals surface area contributed by atoms with E-state index in [2.05, 4.69) is 10.3 Å². The summed E-state index contributed by atoms with van der Waals surface area (Å²) in [7, 11) is 1.75. The SMILES string of the molecule is COCCC1(CNc2cccnc2C(N)=S)CC1. The van der Waals surface area contributed by atoms with Gasteiger partial charge in [0.25, 0.3) is 0 Å². The maximum absolute atomic E-state index is 5.66. The average Bonchev–Trinajstić information content (AvgIpc) is 3.15. The number of nitrogens with one attached hydrogen (secondary N) is 1. The zero-order valence-corrected chi connectivity index (χ0v) is 11.4. The van der Waals surface area contributed by atoms with Crippen LogP contribution in [0.2, 0.25) is 0 Å². The molecule has 0 unspecified atom stereocenters. The van der Waals surface area contributed by atoms with Gasteiger partial charge in [-0.2, -0.15) is 0 Å². The molecular formula is C13H19N3OS. The standard InChI is InChI=1S/C13H19N3OS/c1-17-8-6-13(4-5-13)9-16-10-3-2-7-15-11(10)12(14)18/h2-3,7,16H,4-6,8-9H2,1H3,(H2,14,18). The minimum atomic E-state index is 0.333. The topological polar surface area (TPSA) is 60.2 Å². The van der Waals surface area contributed by atoms with Crippen molar-refractivity contribution in [3.8, 4) is 0 Å². The van der Waals surface area contributed by atoms with E-state index in [0.29, 0.717) is 16.1 Å². The molecule has 1 aromatic heterocycles. The molecule has 0 saturated heterocycles. The first-order valence-electron chi connectivity index (χ1n) is 6.14. The fourth-order valence-electron chi connectivity index (χ4n) is 2.04. The van der Waals surface area contributed by atoms with Crippen LogP contribution in [0.25, 0.3) is 0 Å². The second-order valence-corrected chi connectivity index (χ2v) is 5.30. The van der Waals surface area contributed by atoms with Crippen molar-refractivity contribution in [3.05, 3.63) is 24.0 Å². The van der Waals surface area contributed by atoms with Crippen molar-refractivity contribution in [2.75, 3.05) is 25.6 Å². The van der Waals surface area contributed by atoms with Crippen LogP contribution in [-0.2, 0) is 4.74 Å². The molecule has 2 rings (SSSR count). The van der Waals surface area contributed by atoms with Crippen LogP contribution < -0.4 is 11.1 Å². The van der Waals surface area contributed by atoms with Crippen molar-refractivity contribution in [1.29, 1.82) is 0 Å². The Morgan fingerprint density at radius 3 is 3.00 bits per heavy atom. The Kier molecular flexibility index (Phi) is 4.14. The van der Waals surface area contributed by atoms with Gasteiger partial charge in [0, 0.05) is 26.5 Å². The molecular weight excluding hydrogens is 246 g/mol. The molecule has 1 aromatic rings. The number of hydrogen-bond donors (Lipinski definition) is 2. The molecule has 0 spiro atoms. The van der Waals surface area contributed by atoms with Gasteiger partial charge in [-0.25, -0.2) is 0 Å². The molecule has 0 bridgehead atoms. The average molecular weight is 265 g/mol. The Bertz CT molecular complexity index is 432. The summed E-state index contributed by atoms with van der Waals surface area (Å²) >= 11 is 5.00. The van der Waals surface area contributed by atoms with Crippen LogP contribution in [0.4, 0.5) is 5.69 Å². The number of thiocarbonyl (C=S) groups is 1. The van der Waals surface area contributed by atoms with E-state index in [1.165, 1.54) is 12.8 Å². The minimum Gasteiger partial charge on any atom is -0.388 e. The zero-order valence-electron chi connectivity index (χ0n) is 10.6. The molecule has 3 N–H and O–H groups in total. The molecule has 0 radical (unpaired) electrons. The molecule has 0 atom stereocenters. The maximum Gasteiger partial charge on any atom is 0.124 e. The molecule has 98 valence electrons. The van der Waals surface area contributed by atoms with Gasteiger partial charge in [0.2, 0.25) is 0 Å². The normalized spacial score (nSPS) is 16.3. The summed E-state index contributed by atoms with van der Waals surface area (Å²) in [5, 5.41) is 3.42. The number of hydrogen-bond acceptors (Lipinski definition) is 4. The van der Waals surface area contributed by atoms with E-state index < -0.39 is 0 Å². The monoisotopic (exact) mass is 265 g/mol. The van der Waals surface area contributed by atoms with Gasteiger partial charge in [-0.15, -0.1) is 0 Å². The third-order valence-electron chi connectivity index (χ3n) is 3.49. The van der Waals surface area contributed by atoms with Crippen LogP contribution in [0.3, 0.4) is 0 Å². The van der Waals surface area contributed by atoms with Crippen LogP contribution >= 0.6 is 12.2 Å². The molecule has 1 fully saturated rings. The Morgan fingerprint density at radius 1 is 1.61 bits per heavy atom. The number of aromatic nitrogens is 1. The lowest BCUT2D eigenvalue weighted by Crippen LogP contribution is -2.20. The molecule has 5 heteroatoms. The number of nitrogens with zero attached hydrogens (tertiary/aromatic N) is 1. The Labute approximate surface area is 113 Å². The number of ether oxygens (including phenoxy) is 1. The maximum atomic E-state index is 5.66. The highest BCUT2D eigenvalue weighted by Gasteiger charge is 2.41. The summed E-state index contributed by atoms with van der Waals surface area (Å²) in [5.74, 6) is 0. The van der Waals surface area contributed by atoms with E-state index in [4.69, 9.17) is 22.7 Å². The van der Waals surface area contributed by atoms with Crippen LogP contribution in [0, 0.1) is 5.41 Å². The minimum absolute atomic E-state index is 0.333. The third-order valence-corrected chi connectivity index (χ3v) is 3.68. The largest absolute Gasteiger partial charge is 0.388 e. The molecule has 18 heavy (non-hydrogen) atoms. The number of rotatable bonds is 7.